The highest BCUT2D eigenvalue weighted by atomic mass is 32.1. The van der Waals surface area contributed by atoms with Crippen LogP contribution < -0.4 is 0 Å². The van der Waals surface area contributed by atoms with Gasteiger partial charge >= 0.3 is 0 Å². The number of amides is 1. The number of unbranched alkanes of at least 4 members (excludes halogenated alkanes) is 1. The van der Waals surface area contributed by atoms with Crippen LogP contribution in [0.25, 0.3) is 0 Å². The predicted octanol–water partition coefficient (Wildman–Crippen LogP) is 1.38. The molecule has 2 heterocycles. The van der Waals surface area contributed by atoms with E-state index in [-0.39, 0.29) is 11.9 Å². The third kappa shape index (κ3) is 1.41. The number of carbonyl (C=O) groups excluding carboxylic acids is 1. The average molecular weight is 212 g/mol. The maximum absolute atomic E-state index is 11.9. The molecule has 1 amide bonds. The average Bonchev–Trinajstić information content (AvgIpc) is 2.72. The van der Waals surface area contributed by atoms with Gasteiger partial charge in [-0.3, -0.25) is 9.69 Å². The van der Waals surface area contributed by atoms with Crippen molar-refractivity contribution in [1.29, 1.82) is 0 Å². The number of nitrogens with zero attached hydrogens (tertiary/aromatic N) is 2. The molecule has 0 aliphatic carbocycles. The fourth-order valence-corrected chi connectivity index (χ4v) is 2.60. The second-order valence-electron chi connectivity index (χ2n) is 3.98. The Bertz CT molecular complexity index is 245. The maximum atomic E-state index is 11.9. The predicted molar refractivity (Wildman–Crippen MR) is 58.9 cm³/mol. The molecule has 0 unspecified atom stereocenters. The van der Waals surface area contributed by atoms with Crippen molar-refractivity contribution in [3.8, 4) is 0 Å². The van der Waals surface area contributed by atoms with E-state index in [0.29, 0.717) is 0 Å². The number of thiocarbonyl (C=S) groups is 1. The molecule has 78 valence electrons. The molecule has 3 nitrogen and oxygen atoms in total. The molecule has 0 bridgehead atoms. The molecule has 0 saturated carbocycles. The standard InChI is InChI=1S/C10H16N2OS/c1-2-3-6-12-9(13)8-5-4-7-11(8)10(12)14/h8H,2-7H2,1H3/t8-/m0/s1. The van der Waals surface area contributed by atoms with Crippen molar-refractivity contribution in [1.82, 2.24) is 9.80 Å². The summed E-state index contributed by atoms with van der Waals surface area (Å²) in [4.78, 5) is 15.8. The molecule has 14 heavy (non-hydrogen) atoms. The minimum Gasteiger partial charge on any atom is -0.337 e. The van der Waals surface area contributed by atoms with Crippen molar-refractivity contribution in [3.63, 3.8) is 0 Å². The quantitative estimate of drug-likeness (QED) is 0.660. The molecular weight excluding hydrogens is 196 g/mol. The van der Waals surface area contributed by atoms with Crippen LogP contribution in [-0.4, -0.2) is 40.0 Å². The van der Waals surface area contributed by atoms with Crippen LogP contribution in [0.3, 0.4) is 0 Å². The summed E-state index contributed by atoms with van der Waals surface area (Å²) in [5.74, 6) is 0.237. The minimum atomic E-state index is 0.0827. The molecule has 0 N–H and O–H groups in total. The van der Waals surface area contributed by atoms with Crippen LogP contribution in [0.5, 0.6) is 0 Å². The summed E-state index contributed by atoms with van der Waals surface area (Å²) in [6, 6.07) is 0.0827. The first-order valence-electron chi connectivity index (χ1n) is 5.37. The van der Waals surface area contributed by atoms with E-state index in [9.17, 15) is 4.79 Å². The topological polar surface area (TPSA) is 23.6 Å². The molecule has 0 aromatic rings. The van der Waals surface area contributed by atoms with Gasteiger partial charge in [0.25, 0.3) is 5.91 Å². The first-order valence-corrected chi connectivity index (χ1v) is 5.78. The van der Waals surface area contributed by atoms with Gasteiger partial charge < -0.3 is 4.90 Å². The van der Waals surface area contributed by atoms with Crippen LogP contribution in [0.15, 0.2) is 0 Å². The van der Waals surface area contributed by atoms with E-state index < -0.39 is 0 Å². The third-order valence-corrected chi connectivity index (χ3v) is 3.47. The van der Waals surface area contributed by atoms with E-state index in [1.165, 1.54) is 0 Å². The summed E-state index contributed by atoms with van der Waals surface area (Å²) in [5, 5.41) is 0.769. The Hall–Kier alpha value is -0.640. The van der Waals surface area contributed by atoms with Gasteiger partial charge in [-0.25, -0.2) is 0 Å². The molecule has 1 atom stereocenters. The van der Waals surface area contributed by atoms with Crippen molar-refractivity contribution in [3.05, 3.63) is 0 Å². The van der Waals surface area contributed by atoms with Crippen LogP contribution in [0.2, 0.25) is 0 Å². The number of rotatable bonds is 3. The summed E-state index contributed by atoms with van der Waals surface area (Å²) in [6.07, 6.45) is 4.25. The maximum Gasteiger partial charge on any atom is 0.251 e. The Labute approximate surface area is 90.1 Å². The van der Waals surface area contributed by atoms with E-state index in [2.05, 4.69) is 11.8 Å². The number of fused-ring (bicyclic) bond motifs is 1. The Morgan fingerprint density at radius 3 is 3.00 bits per heavy atom. The molecule has 0 radical (unpaired) electrons. The van der Waals surface area contributed by atoms with Crippen LogP contribution in [0.1, 0.15) is 32.6 Å². The number of hydrogen-bond acceptors (Lipinski definition) is 2. The van der Waals surface area contributed by atoms with E-state index in [4.69, 9.17) is 12.2 Å². The second kappa shape index (κ2) is 3.85. The first kappa shape index (κ1) is 9.90. The van der Waals surface area contributed by atoms with E-state index >= 15 is 0 Å². The molecule has 0 aromatic carbocycles. The van der Waals surface area contributed by atoms with Gasteiger partial charge in [0.1, 0.15) is 6.04 Å². The van der Waals surface area contributed by atoms with Crippen molar-refractivity contribution < 1.29 is 4.79 Å². The molecule has 0 aromatic heterocycles. The van der Waals surface area contributed by atoms with Gasteiger partial charge in [0, 0.05) is 13.1 Å². The van der Waals surface area contributed by atoms with Crippen LogP contribution in [0.4, 0.5) is 0 Å². The normalized spacial score (nSPS) is 26.2. The zero-order chi connectivity index (χ0) is 10.1. The molecule has 2 fully saturated rings. The SMILES string of the molecule is CCCCN1C(=O)[C@@H]2CCCN2C1=S. The lowest BCUT2D eigenvalue weighted by molar-refractivity contribution is -0.127. The molecule has 0 spiro atoms. The number of carbonyl (C=O) groups is 1. The lowest BCUT2D eigenvalue weighted by Crippen LogP contribution is -2.33. The molecule has 2 aliphatic heterocycles. The molecule has 2 aliphatic rings. The van der Waals surface area contributed by atoms with Crippen molar-refractivity contribution in [2.45, 2.75) is 38.6 Å². The van der Waals surface area contributed by atoms with Gasteiger partial charge in [-0.15, -0.1) is 0 Å². The van der Waals surface area contributed by atoms with E-state index in [1.54, 1.807) is 4.90 Å². The molecule has 2 rings (SSSR count). The Morgan fingerprint density at radius 2 is 2.36 bits per heavy atom. The largest absolute Gasteiger partial charge is 0.337 e. The number of hydrogen-bond donors (Lipinski definition) is 0. The first-order chi connectivity index (χ1) is 6.75. The van der Waals surface area contributed by atoms with Gasteiger partial charge in [0.2, 0.25) is 0 Å². The Balaban J connectivity index is 2.06. The monoisotopic (exact) mass is 212 g/mol. The molecule has 2 saturated heterocycles. The summed E-state index contributed by atoms with van der Waals surface area (Å²) in [6.45, 7) is 3.91. The zero-order valence-corrected chi connectivity index (χ0v) is 9.35. The van der Waals surface area contributed by atoms with Crippen LogP contribution in [0, 0.1) is 0 Å². The Kier molecular flexibility index (Phi) is 2.72. The second-order valence-corrected chi connectivity index (χ2v) is 4.34. The van der Waals surface area contributed by atoms with E-state index in [1.807, 2.05) is 0 Å². The highest BCUT2D eigenvalue weighted by Crippen LogP contribution is 2.27. The van der Waals surface area contributed by atoms with Gasteiger partial charge in [0.05, 0.1) is 0 Å². The smallest absolute Gasteiger partial charge is 0.251 e. The summed E-state index contributed by atoms with van der Waals surface area (Å²) in [7, 11) is 0. The van der Waals surface area contributed by atoms with Gasteiger partial charge in [-0.05, 0) is 31.5 Å². The van der Waals surface area contributed by atoms with E-state index in [0.717, 1.165) is 43.9 Å². The molecular formula is C10H16N2OS. The highest BCUT2D eigenvalue weighted by Gasteiger charge is 2.44. The fourth-order valence-electron chi connectivity index (χ4n) is 2.20. The van der Waals surface area contributed by atoms with Gasteiger partial charge in [-0.2, -0.15) is 0 Å². The van der Waals surface area contributed by atoms with Crippen molar-refractivity contribution in [2.24, 2.45) is 0 Å². The third-order valence-electron chi connectivity index (χ3n) is 3.02. The summed E-state index contributed by atoms with van der Waals surface area (Å²) in [5.41, 5.74) is 0. The summed E-state index contributed by atoms with van der Waals surface area (Å²) < 4.78 is 0. The Morgan fingerprint density at radius 1 is 1.57 bits per heavy atom. The lowest BCUT2D eigenvalue weighted by Gasteiger charge is -2.18. The highest BCUT2D eigenvalue weighted by molar-refractivity contribution is 7.80. The van der Waals surface area contributed by atoms with Crippen LogP contribution >= 0.6 is 12.2 Å². The fraction of sp³-hybridized carbons (Fsp3) is 0.800. The lowest BCUT2D eigenvalue weighted by atomic mass is 10.2. The van der Waals surface area contributed by atoms with Crippen molar-refractivity contribution >= 4 is 23.2 Å². The van der Waals surface area contributed by atoms with Gasteiger partial charge in [0.15, 0.2) is 5.11 Å². The molecule has 4 heteroatoms. The van der Waals surface area contributed by atoms with Gasteiger partial charge in [-0.1, -0.05) is 13.3 Å². The zero-order valence-electron chi connectivity index (χ0n) is 8.53. The minimum absolute atomic E-state index is 0.0827. The van der Waals surface area contributed by atoms with Crippen molar-refractivity contribution in [2.75, 3.05) is 13.1 Å². The summed E-state index contributed by atoms with van der Waals surface area (Å²) >= 11 is 5.30. The van der Waals surface area contributed by atoms with Crippen LogP contribution in [-0.2, 0) is 4.79 Å².